The van der Waals surface area contributed by atoms with Gasteiger partial charge in [0.25, 0.3) is 0 Å². The zero-order valence-corrected chi connectivity index (χ0v) is 34.1. The summed E-state index contributed by atoms with van der Waals surface area (Å²) in [6.45, 7) is 4.31. The van der Waals surface area contributed by atoms with E-state index in [1.54, 1.807) is 0 Å². The van der Waals surface area contributed by atoms with Crippen molar-refractivity contribution in [3.8, 4) is 0 Å². The van der Waals surface area contributed by atoms with Crippen LogP contribution in [-0.4, -0.2) is 0 Å². The molecule has 0 spiro atoms. The Hall–Kier alpha value is -7.96. The smallest absolute Gasteiger partial charge is 0.160 e. The summed E-state index contributed by atoms with van der Waals surface area (Å²) >= 11 is 0. The monoisotopic (exact) mass is 802 g/mol. The highest BCUT2D eigenvalue weighted by atomic mass is 16.3. The summed E-state index contributed by atoms with van der Waals surface area (Å²) in [6, 6.07) is 52.7. The molecular formula is C56H38N2O4. The molecular weight excluding hydrogens is 765 g/mol. The molecule has 4 aromatic heterocycles. The molecule has 12 aromatic rings. The van der Waals surface area contributed by atoms with E-state index in [9.17, 15) is 0 Å². The molecule has 0 unspecified atom stereocenters. The van der Waals surface area contributed by atoms with Gasteiger partial charge in [-0.25, -0.2) is 0 Å². The van der Waals surface area contributed by atoms with Crippen molar-refractivity contribution in [2.45, 2.75) is 26.7 Å². The molecule has 1 aliphatic carbocycles. The van der Waals surface area contributed by atoms with Crippen LogP contribution >= 0.6 is 0 Å². The summed E-state index contributed by atoms with van der Waals surface area (Å²) in [5.41, 5.74) is 14.8. The van der Waals surface area contributed by atoms with Gasteiger partial charge in [0.05, 0.1) is 11.4 Å². The van der Waals surface area contributed by atoms with Gasteiger partial charge in [-0.15, -0.1) is 0 Å². The van der Waals surface area contributed by atoms with Crippen molar-refractivity contribution >= 4 is 116 Å². The lowest BCUT2D eigenvalue weighted by Gasteiger charge is -2.29. The van der Waals surface area contributed by atoms with Crippen LogP contribution in [0.1, 0.15) is 24.0 Å². The number of allylic oxidation sites excluding steroid dienone is 3. The van der Waals surface area contributed by atoms with Crippen molar-refractivity contribution in [3.63, 3.8) is 0 Å². The fourth-order valence-electron chi connectivity index (χ4n) is 9.89. The molecule has 13 rings (SSSR count). The zero-order valence-electron chi connectivity index (χ0n) is 34.1. The minimum atomic E-state index is 0.768. The molecule has 296 valence electrons. The lowest BCUT2D eigenvalue weighted by Crippen LogP contribution is -2.17. The van der Waals surface area contributed by atoms with Gasteiger partial charge in [-0.2, -0.15) is 0 Å². The quantitative estimate of drug-likeness (QED) is 0.167. The van der Waals surface area contributed by atoms with E-state index in [0.717, 1.165) is 140 Å². The van der Waals surface area contributed by atoms with E-state index in [4.69, 9.17) is 17.7 Å². The first kappa shape index (κ1) is 34.9. The van der Waals surface area contributed by atoms with Gasteiger partial charge in [-0.05, 0) is 92.4 Å². The van der Waals surface area contributed by atoms with Gasteiger partial charge in [0.15, 0.2) is 11.2 Å². The maximum Gasteiger partial charge on any atom is 0.160 e. The lowest BCUT2D eigenvalue weighted by atomic mass is 10.0. The number of furan rings is 4. The molecule has 0 saturated carbocycles. The third-order valence-electron chi connectivity index (χ3n) is 12.7. The summed E-state index contributed by atoms with van der Waals surface area (Å²) < 4.78 is 27.9. The zero-order chi connectivity index (χ0) is 41.1. The number of hydrogen-bond donors (Lipinski definition) is 0. The van der Waals surface area contributed by atoms with Gasteiger partial charge in [-0.3, -0.25) is 0 Å². The molecule has 6 nitrogen and oxygen atoms in total. The number of rotatable bonds is 6. The first-order chi connectivity index (χ1) is 30.6. The molecule has 0 atom stereocenters. The lowest BCUT2D eigenvalue weighted by molar-refractivity contribution is 0.660. The van der Waals surface area contributed by atoms with E-state index >= 15 is 0 Å². The SMILES string of the molecule is Cc1ccccc1N(C1=CCCC=C1)c1cc2oc3cc4c(cc3c2c2c1oc1ccccc12)oc1cc(N(c2ccccc2)c2ccccc2C)c2oc3ccccc3c2c14. The number of anilines is 5. The summed E-state index contributed by atoms with van der Waals surface area (Å²) in [5.74, 6) is 0. The molecule has 62 heavy (non-hydrogen) atoms. The van der Waals surface area contributed by atoms with Crippen LogP contribution in [0.5, 0.6) is 0 Å². The molecule has 1 aliphatic rings. The number of aryl methyl sites for hydroxylation is 2. The average molecular weight is 803 g/mol. The Labute approximate surface area is 355 Å². The molecule has 4 heterocycles. The van der Waals surface area contributed by atoms with Crippen LogP contribution < -0.4 is 9.80 Å². The highest BCUT2D eigenvalue weighted by Crippen LogP contribution is 2.51. The first-order valence-electron chi connectivity index (χ1n) is 21.2. The molecule has 0 amide bonds. The van der Waals surface area contributed by atoms with Crippen molar-refractivity contribution in [2.24, 2.45) is 0 Å². The van der Waals surface area contributed by atoms with Crippen molar-refractivity contribution in [1.82, 2.24) is 0 Å². The predicted octanol–water partition coefficient (Wildman–Crippen LogP) is 16.7. The topological polar surface area (TPSA) is 59.0 Å². The van der Waals surface area contributed by atoms with E-state index in [1.807, 2.05) is 24.3 Å². The van der Waals surface area contributed by atoms with Crippen LogP contribution in [0.2, 0.25) is 0 Å². The van der Waals surface area contributed by atoms with E-state index in [2.05, 4.69) is 169 Å². The summed E-state index contributed by atoms with van der Waals surface area (Å²) in [6.07, 6.45) is 8.77. The Morgan fingerprint density at radius 2 is 0.887 bits per heavy atom. The second-order valence-electron chi connectivity index (χ2n) is 16.4. The maximum atomic E-state index is 7.04. The minimum absolute atomic E-state index is 0.768. The van der Waals surface area contributed by atoms with Crippen LogP contribution in [0, 0.1) is 13.8 Å². The summed E-state index contributed by atoms with van der Waals surface area (Å²) in [4.78, 5) is 4.61. The van der Waals surface area contributed by atoms with Crippen LogP contribution in [0.4, 0.5) is 28.4 Å². The third kappa shape index (κ3) is 5.04. The normalized spacial score (nSPS) is 13.2. The van der Waals surface area contributed by atoms with E-state index < -0.39 is 0 Å². The highest BCUT2D eigenvalue weighted by Gasteiger charge is 2.29. The molecule has 0 fully saturated rings. The van der Waals surface area contributed by atoms with Crippen molar-refractivity contribution in [2.75, 3.05) is 9.80 Å². The molecule has 6 heteroatoms. The molecule has 0 aliphatic heterocycles. The number of benzene rings is 8. The number of nitrogens with zero attached hydrogens (tertiary/aromatic N) is 2. The second-order valence-corrected chi connectivity index (χ2v) is 16.4. The van der Waals surface area contributed by atoms with Gasteiger partial charge < -0.3 is 27.5 Å². The number of fused-ring (bicyclic) bond motifs is 14. The van der Waals surface area contributed by atoms with Crippen LogP contribution in [0.3, 0.4) is 0 Å². The Bertz CT molecular complexity index is 3860. The third-order valence-corrected chi connectivity index (χ3v) is 12.7. The molecule has 0 saturated heterocycles. The predicted molar refractivity (Wildman–Crippen MR) is 255 cm³/mol. The maximum absolute atomic E-state index is 7.04. The van der Waals surface area contributed by atoms with E-state index in [0.29, 0.717) is 0 Å². The fraction of sp³-hybridized carbons (Fsp3) is 0.0714. The number of hydrogen-bond acceptors (Lipinski definition) is 6. The summed E-state index contributed by atoms with van der Waals surface area (Å²) in [5, 5.41) is 8.00. The highest BCUT2D eigenvalue weighted by molar-refractivity contribution is 6.32. The van der Waals surface area contributed by atoms with Gasteiger partial charge in [0, 0.05) is 78.0 Å². The number of para-hydroxylation sites is 5. The standard InChI is InChI=1S/C56H38N2O4/c1-33-17-9-13-25-41(33)57(35-19-5-3-6-20-35)43-31-49-51(53-37-23-11-15-27-45(37)61-55(43)53)39-29-48-40(30-47(39)59-49)52-50(60-48)32-44(56-54(52)38-24-12-16-28-46(38)62-56)58(36-21-7-4-8-22-36)42-26-14-10-18-34(42)2/h3,5-7,9-32H,4,8H2,1-2H3. The molecule has 0 bridgehead atoms. The van der Waals surface area contributed by atoms with Gasteiger partial charge >= 0.3 is 0 Å². The first-order valence-corrected chi connectivity index (χ1v) is 21.2. The Kier molecular flexibility index (Phi) is 7.46. The van der Waals surface area contributed by atoms with Crippen molar-refractivity contribution in [3.05, 3.63) is 187 Å². The molecule has 8 aromatic carbocycles. The Morgan fingerprint density at radius 3 is 1.44 bits per heavy atom. The van der Waals surface area contributed by atoms with Crippen LogP contribution in [-0.2, 0) is 0 Å². The fourth-order valence-corrected chi connectivity index (χ4v) is 9.89. The van der Waals surface area contributed by atoms with E-state index in [-0.39, 0.29) is 0 Å². The van der Waals surface area contributed by atoms with Crippen LogP contribution in [0.25, 0.3) is 87.8 Å². The Balaban J connectivity index is 1.12. The summed E-state index contributed by atoms with van der Waals surface area (Å²) in [7, 11) is 0. The minimum Gasteiger partial charge on any atom is -0.456 e. The van der Waals surface area contributed by atoms with Crippen molar-refractivity contribution in [1.29, 1.82) is 0 Å². The van der Waals surface area contributed by atoms with Crippen molar-refractivity contribution < 1.29 is 17.7 Å². The van der Waals surface area contributed by atoms with E-state index in [1.165, 1.54) is 5.56 Å². The van der Waals surface area contributed by atoms with Crippen LogP contribution in [0.15, 0.2) is 193 Å². The Morgan fingerprint density at radius 1 is 0.387 bits per heavy atom. The average Bonchev–Trinajstić information content (AvgIpc) is 4.07. The van der Waals surface area contributed by atoms with Gasteiger partial charge in [0.2, 0.25) is 0 Å². The molecule has 0 N–H and O–H groups in total. The van der Waals surface area contributed by atoms with Gasteiger partial charge in [0.1, 0.15) is 33.5 Å². The van der Waals surface area contributed by atoms with Gasteiger partial charge in [-0.1, -0.05) is 103 Å². The largest absolute Gasteiger partial charge is 0.456 e. The molecule has 0 radical (unpaired) electrons. The second kappa shape index (κ2) is 13.3.